The number of halogens is 2. The van der Waals surface area contributed by atoms with E-state index in [0.717, 1.165) is 0 Å². The van der Waals surface area contributed by atoms with Crippen LogP contribution in [-0.4, -0.2) is 4.98 Å². The molecule has 0 aliphatic carbocycles. The molecule has 0 bridgehead atoms. The molecule has 0 spiro atoms. The number of aromatic nitrogens is 1. The van der Waals surface area contributed by atoms with Crippen LogP contribution in [0.5, 0.6) is 0 Å². The summed E-state index contributed by atoms with van der Waals surface area (Å²) in [6.07, 6.45) is 1.44. The summed E-state index contributed by atoms with van der Waals surface area (Å²) in [6, 6.07) is 7.89. The molecule has 0 amide bonds. The van der Waals surface area contributed by atoms with Crippen molar-refractivity contribution in [3.8, 4) is 11.3 Å². The average molecular weight is 223 g/mol. The van der Waals surface area contributed by atoms with Crippen molar-refractivity contribution in [3.05, 3.63) is 47.4 Å². The van der Waals surface area contributed by atoms with Gasteiger partial charge in [0.25, 0.3) is 0 Å². The molecule has 2 rings (SSSR count). The predicted molar refractivity (Wildman–Crippen MR) is 59.1 cm³/mol. The largest absolute Gasteiger partial charge is 0.397 e. The first-order chi connectivity index (χ1) is 7.18. The quantitative estimate of drug-likeness (QED) is 0.805. The van der Waals surface area contributed by atoms with Crippen LogP contribution in [0.4, 0.5) is 10.1 Å². The molecule has 0 radical (unpaired) electrons. The van der Waals surface area contributed by atoms with Crippen molar-refractivity contribution >= 4 is 17.3 Å². The molecule has 0 unspecified atom stereocenters. The van der Waals surface area contributed by atoms with Gasteiger partial charge in [0.1, 0.15) is 5.82 Å². The Morgan fingerprint density at radius 1 is 1.27 bits per heavy atom. The second-order valence-electron chi connectivity index (χ2n) is 3.07. The molecule has 1 aromatic carbocycles. The van der Waals surface area contributed by atoms with E-state index in [1.807, 2.05) is 0 Å². The normalized spacial score (nSPS) is 10.3. The highest BCUT2D eigenvalue weighted by Gasteiger charge is 2.08. The third-order valence-corrected chi connectivity index (χ3v) is 2.22. The summed E-state index contributed by atoms with van der Waals surface area (Å²) < 4.78 is 13.4. The first kappa shape index (κ1) is 9.93. The molecule has 2 nitrogen and oxygen atoms in total. The van der Waals surface area contributed by atoms with Crippen molar-refractivity contribution in [2.24, 2.45) is 0 Å². The topological polar surface area (TPSA) is 38.9 Å². The van der Waals surface area contributed by atoms with Crippen molar-refractivity contribution in [2.75, 3.05) is 5.73 Å². The van der Waals surface area contributed by atoms with Gasteiger partial charge in [0, 0.05) is 11.8 Å². The van der Waals surface area contributed by atoms with E-state index in [0.29, 0.717) is 22.0 Å². The lowest BCUT2D eigenvalue weighted by atomic mass is 10.1. The van der Waals surface area contributed by atoms with Crippen LogP contribution in [0.25, 0.3) is 11.3 Å². The van der Waals surface area contributed by atoms with Gasteiger partial charge in [0.05, 0.1) is 16.4 Å². The van der Waals surface area contributed by atoms with E-state index in [9.17, 15) is 4.39 Å². The highest BCUT2D eigenvalue weighted by molar-refractivity contribution is 6.30. The monoisotopic (exact) mass is 222 g/mol. The second kappa shape index (κ2) is 3.87. The van der Waals surface area contributed by atoms with Crippen LogP contribution in [0.1, 0.15) is 0 Å². The molecule has 0 aliphatic rings. The van der Waals surface area contributed by atoms with Crippen LogP contribution >= 0.6 is 11.6 Å². The number of nitrogens with zero attached hydrogens (tertiary/aromatic N) is 1. The van der Waals surface area contributed by atoms with Crippen LogP contribution in [0.3, 0.4) is 0 Å². The molecule has 1 aromatic heterocycles. The molecule has 1 heterocycles. The third kappa shape index (κ3) is 1.92. The molecule has 2 N–H and O–H groups in total. The first-order valence-electron chi connectivity index (χ1n) is 4.34. The zero-order chi connectivity index (χ0) is 10.8. The van der Waals surface area contributed by atoms with Gasteiger partial charge in [-0.2, -0.15) is 0 Å². The zero-order valence-electron chi connectivity index (χ0n) is 7.74. The van der Waals surface area contributed by atoms with E-state index in [1.54, 1.807) is 24.3 Å². The Kier molecular flexibility index (Phi) is 2.56. The van der Waals surface area contributed by atoms with E-state index in [1.165, 1.54) is 12.3 Å². The van der Waals surface area contributed by atoms with Crippen molar-refractivity contribution in [1.82, 2.24) is 4.98 Å². The van der Waals surface area contributed by atoms with Crippen LogP contribution < -0.4 is 5.73 Å². The van der Waals surface area contributed by atoms with E-state index < -0.39 is 0 Å². The average Bonchev–Trinajstić information content (AvgIpc) is 2.20. The van der Waals surface area contributed by atoms with Crippen LogP contribution in [0.15, 0.2) is 36.5 Å². The highest BCUT2D eigenvalue weighted by atomic mass is 35.5. The van der Waals surface area contributed by atoms with Crippen molar-refractivity contribution < 1.29 is 4.39 Å². The number of nitrogen functional groups attached to an aromatic ring is 1. The van der Waals surface area contributed by atoms with Gasteiger partial charge in [0.2, 0.25) is 0 Å². The van der Waals surface area contributed by atoms with E-state index >= 15 is 0 Å². The molecule has 4 heteroatoms. The van der Waals surface area contributed by atoms with Gasteiger partial charge in [-0.1, -0.05) is 23.7 Å². The first-order valence-corrected chi connectivity index (χ1v) is 4.72. The molecule has 2 aromatic rings. The number of benzene rings is 1. The second-order valence-corrected chi connectivity index (χ2v) is 3.51. The van der Waals surface area contributed by atoms with Gasteiger partial charge in [-0.25, -0.2) is 4.39 Å². The van der Waals surface area contributed by atoms with E-state index in [4.69, 9.17) is 17.3 Å². The number of rotatable bonds is 1. The fourth-order valence-corrected chi connectivity index (χ4v) is 1.50. The zero-order valence-corrected chi connectivity index (χ0v) is 8.50. The number of hydrogen-bond acceptors (Lipinski definition) is 2. The Hall–Kier alpha value is -1.61. The maximum Gasteiger partial charge on any atom is 0.132 e. The molecule has 0 saturated carbocycles. The Morgan fingerprint density at radius 3 is 2.67 bits per heavy atom. The summed E-state index contributed by atoms with van der Waals surface area (Å²) in [7, 11) is 0. The summed E-state index contributed by atoms with van der Waals surface area (Å²) >= 11 is 5.71. The molecule has 15 heavy (non-hydrogen) atoms. The summed E-state index contributed by atoms with van der Waals surface area (Å²) in [6.45, 7) is 0. The standard InChI is InChI=1S/C11H8ClFN2/c12-7-5-10(14)11(15-6-7)8-3-1-2-4-9(8)13/h1-6H,14H2. The summed E-state index contributed by atoms with van der Waals surface area (Å²) in [4.78, 5) is 4.01. The number of nitrogens with two attached hydrogens (primary N) is 1. The number of pyridine rings is 1. The molecule has 0 saturated heterocycles. The molecule has 76 valence electrons. The summed E-state index contributed by atoms with van der Waals surface area (Å²) in [5.74, 6) is -0.348. The number of anilines is 1. The van der Waals surface area contributed by atoms with Gasteiger partial charge in [-0.3, -0.25) is 4.98 Å². The van der Waals surface area contributed by atoms with E-state index in [-0.39, 0.29) is 5.82 Å². The van der Waals surface area contributed by atoms with Gasteiger partial charge in [-0.05, 0) is 18.2 Å². The molecular weight excluding hydrogens is 215 g/mol. The molecule has 0 aliphatic heterocycles. The van der Waals surface area contributed by atoms with Crippen molar-refractivity contribution in [1.29, 1.82) is 0 Å². The third-order valence-electron chi connectivity index (χ3n) is 2.01. The molecular formula is C11H8ClFN2. The lowest BCUT2D eigenvalue weighted by molar-refractivity contribution is 0.631. The fourth-order valence-electron chi connectivity index (χ4n) is 1.33. The maximum absolute atomic E-state index is 13.4. The smallest absolute Gasteiger partial charge is 0.132 e. The Morgan fingerprint density at radius 2 is 2.00 bits per heavy atom. The minimum Gasteiger partial charge on any atom is -0.397 e. The van der Waals surface area contributed by atoms with Gasteiger partial charge < -0.3 is 5.73 Å². The Labute approximate surface area is 91.5 Å². The van der Waals surface area contributed by atoms with Crippen molar-refractivity contribution in [2.45, 2.75) is 0 Å². The molecule has 0 fully saturated rings. The van der Waals surface area contributed by atoms with Gasteiger partial charge in [0.15, 0.2) is 0 Å². The van der Waals surface area contributed by atoms with Crippen LogP contribution in [0.2, 0.25) is 5.02 Å². The minimum absolute atomic E-state index is 0.348. The minimum atomic E-state index is -0.348. The number of hydrogen-bond donors (Lipinski definition) is 1. The Balaban J connectivity index is 2.60. The summed E-state index contributed by atoms with van der Waals surface area (Å²) in [5, 5.41) is 0.438. The van der Waals surface area contributed by atoms with Crippen molar-refractivity contribution in [3.63, 3.8) is 0 Å². The fraction of sp³-hybridized carbons (Fsp3) is 0. The van der Waals surface area contributed by atoms with Crippen LogP contribution in [0, 0.1) is 5.82 Å². The Bertz CT molecular complexity index is 500. The predicted octanol–water partition coefficient (Wildman–Crippen LogP) is 3.12. The van der Waals surface area contributed by atoms with E-state index in [2.05, 4.69) is 4.98 Å². The maximum atomic E-state index is 13.4. The SMILES string of the molecule is Nc1cc(Cl)cnc1-c1ccccc1F. The lowest BCUT2D eigenvalue weighted by Crippen LogP contribution is -1.95. The lowest BCUT2D eigenvalue weighted by Gasteiger charge is -2.05. The van der Waals surface area contributed by atoms with Crippen LogP contribution in [-0.2, 0) is 0 Å². The highest BCUT2D eigenvalue weighted by Crippen LogP contribution is 2.27. The molecule has 0 atom stereocenters. The van der Waals surface area contributed by atoms with Gasteiger partial charge >= 0.3 is 0 Å². The summed E-state index contributed by atoms with van der Waals surface area (Å²) in [5.41, 5.74) is 6.87. The van der Waals surface area contributed by atoms with Gasteiger partial charge in [-0.15, -0.1) is 0 Å².